The molecule has 1 aliphatic rings. The first-order valence-corrected chi connectivity index (χ1v) is 8.26. The van der Waals surface area contributed by atoms with Crippen LogP contribution in [0.1, 0.15) is 54.9 Å². The molecule has 1 aromatic carbocycles. The Morgan fingerprint density at radius 2 is 1.71 bits per heavy atom. The summed E-state index contributed by atoms with van der Waals surface area (Å²) in [5.41, 5.74) is -0.179. The molecule has 1 amide bonds. The van der Waals surface area contributed by atoms with E-state index in [4.69, 9.17) is 9.31 Å². The Bertz CT molecular complexity index is 622. The lowest BCUT2D eigenvalue weighted by Crippen LogP contribution is -2.41. The van der Waals surface area contributed by atoms with Crippen LogP contribution in [0.25, 0.3) is 0 Å². The molecule has 4 nitrogen and oxygen atoms in total. The highest BCUT2D eigenvalue weighted by molar-refractivity contribution is 6.64. The summed E-state index contributed by atoms with van der Waals surface area (Å²) < 4.78 is 25.7. The summed E-state index contributed by atoms with van der Waals surface area (Å²) in [6.45, 7) is 13.7. The van der Waals surface area contributed by atoms with Crippen molar-refractivity contribution in [3.8, 4) is 0 Å². The van der Waals surface area contributed by atoms with E-state index in [9.17, 15) is 9.18 Å². The number of anilines is 1. The first-order chi connectivity index (χ1) is 10.8. The van der Waals surface area contributed by atoms with Gasteiger partial charge in [0.15, 0.2) is 0 Å². The lowest BCUT2D eigenvalue weighted by atomic mass is 9.77. The molecule has 132 valence electrons. The van der Waals surface area contributed by atoms with E-state index in [-0.39, 0.29) is 11.3 Å². The average molecular weight is 335 g/mol. The molecular weight excluding hydrogens is 308 g/mol. The second kappa shape index (κ2) is 6.15. The average Bonchev–Trinajstić information content (AvgIpc) is 2.58. The molecule has 0 aromatic heterocycles. The fraction of sp³-hybridized carbons (Fsp3) is 0.611. The summed E-state index contributed by atoms with van der Waals surface area (Å²) in [6, 6.07) is 4.23. The molecule has 24 heavy (non-hydrogen) atoms. The molecule has 1 N–H and O–H groups in total. The predicted molar refractivity (Wildman–Crippen MR) is 94.8 cm³/mol. The minimum Gasteiger partial charge on any atom is -0.399 e. The van der Waals surface area contributed by atoms with E-state index in [1.807, 2.05) is 48.5 Å². The minimum absolute atomic E-state index is 0.119. The van der Waals surface area contributed by atoms with Crippen LogP contribution in [-0.4, -0.2) is 24.2 Å². The minimum atomic E-state index is -0.726. The smallest absolute Gasteiger partial charge is 0.399 e. The monoisotopic (exact) mass is 335 g/mol. The molecule has 1 fully saturated rings. The molecule has 1 saturated heterocycles. The van der Waals surface area contributed by atoms with E-state index >= 15 is 0 Å². The van der Waals surface area contributed by atoms with Gasteiger partial charge in [0.25, 0.3) is 0 Å². The normalized spacial score (nSPS) is 19.4. The Morgan fingerprint density at radius 1 is 1.17 bits per heavy atom. The van der Waals surface area contributed by atoms with E-state index < -0.39 is 24.1 Å². The molecular formula is C18H27BFNO3. The SMILES string of the molecule is CC(C)(C)CC(=O)Nc1ccc(F)cc1B1OC(C)(C)C(C)(C)O1. The van der Waals surface area contributed by atoms with Crippen LogP contribution in [0.4, 0.5) is 10.1 Å². The highest BCUT2D eigenvalue weighted by atomic mass is 19.1. The maximum atomic E-state index is 13.8. The van der Waals surface area contributed by atoms with Crippen molar-refractivity contribution in [2.24, 2.45) is 5.41 Å². The number of carbonyl (C=O) groups excluding carboxylic acids is 1. The van der Waals surface area contributed by atoms with Gasteiger partial charge in [0.2, 0.25) is 5.91 Å². The standard InChI is InChI=1S/C18H27BFNO3/c1-16(2,3)11-15(22)21-14-9-8-12(20)10-13(14)19-23-17(4,5)18(6,7)24-19/h8-10H,11H2,1-7H3,(H,21,22). The third-order valence-corrected chi connectivity index (χ3v) is 4.49. The van der Waals surface area contributed by atoms with Gasteiger partial charge in [-0.05, 0) is 51.3 Å². The molecule has 1 aliphatic heterocycles. The zero-order valence-electron chi connectivity index (χ0n) is 15.6. The Labute approximate surface area is 144 Å². The van der Waals surface area contributed by atoms with Crippen molar-refractivity contribution in [2.45, 2.75) is 66.1 Å². The van der Waals surface area contributed by atoms with Crippen LogP contribution in [-0.2, 0) is 14.1 Å². The summed E-state index contributed by atoms with van der Waals surface area (Å²) in [5.74, 6) is -0.514. The predicted octanol–water partition coefficient (Wildman–Crippen LogP) is 3.50. The summed E-state index contributed by atoms with van der Waals surface area (Å²) in [7, 11) is -0.726. The molecule has 1 heterocycles. The van der Waals surface area contributed by atoms with Crippen molar-refractivity contribution < 1.29 is 18.5 Å². The molecule has 0 spiro atoms. The Hall–Kier alpha value is -1.40. The number of amides is 1. The Morgan fingerprint density at radius 3 is 2.21 bits per heavy atom. The van der Waals surface area contributed by atoms with Crippen molar-refractivity contribution >= 4 is 24.2 Å². The lowest BCUT2D eigenvalue weighted by Gasteiger charge is -2.32. The molecule has 0 saturated carbocycles. The number of benzene rings is 1. The third kappa shape index (κ3) is 4.17. The maximum Gasteiger partial charge on any atom is 0.497 e. The Balaban J connectivity index is 2.28. The fourth-order valence-corrected chi connectivity index (χ4v) is 2.49. The highest BCUT2D eigenvalue weighted by Crippen LogP contribution is 2.37. The second-order valence-corrected chi connectivity index (χ2v) is 8.61. The van der Waals surface area contributed by atoms with Crippen molar-refractivity contribution in [2.75, 3.05) is 5.32 Å². The van der Waals surface area contributed by atoms with Crippen LogP contribution in [0.5, 0.6) is 0 Å². The quantitative estimate of drug-likeness (QED) is 0.860. The number of rotatable bonds is 3. The topological polar surface area (TPSA) is 47.6 Å². The van der Waals surface area contributed by atoms with E-state index in [0.717, 1.165) is 0 Å². The van der Waals surface area contributed by atoms with E-state index in [1.165, 1.54) is 12.1 Å². The van der Waals surface area contributed by atoms with Gasteiger partial charge in [-0.2, -0.15) is 0 Å². The summed E-state index contributed by atoms with van der Waals surface area (Å²) >= 11 is 0. The molecule has 0 bridgehead atoms. The van der Waals surface area contributed by atoms with Gasteiger partial charge < -0.3 is 14.6 Å². The van der Waals surface area contributed by atoms with Crippen LogP contribution in [0, 0.1) is 11.2 Å². The van der Waals surface area contributed by atoms with Crippen LogP contribution >= 0.6 is 0 Å². The van der Waals surface area contributed by atoms with Gasteiger partial charge in [0, 0.05) is 17.6 Å². The van der Waals surface area contributed by atoms with E-state index in [2.05, 4.69) is 5.32 Å². The van der Waals surface area contributed by atoms with Gasteiger partial charge >= 0.3 is 7.12 Å². The summed E-state index contributed by atoms with van der Waals surface area (Å²) in [5, 5.41) is 2.86. The first-order valence-electron chi connectivity index (χ1n) is 8.26. The first kappa shape index (κ1) is 18.9. The molecule has 0 radical (unpaired) electrons. The van der Waals surface area contributed by atoms with E-state index in [1.54, 1.807) is 6.07 Å². The van der Waals surface area contributed by atoms with Gasteiger partial charge in [-0.3, -0.25) is 4.79 Å². The van der Waals surface area contributed by atoms with Crippen molar-refractivity contribution in [1.29, 1.82) is 0 Å². The van der Waals surface area contributed by atoms with Crippen LogP contribution in [0.3, 0.4) is 0 Å². The number of nitrogens with one attached hydrogen (secondary N) is 1. The largest absolute Gasteiger partial charge is 0.497 e. The molecule has 2 rings (SSSR count). The molecule has 6 heteroatoms. The van der Waals surface area contributed by atoms with Gasteiger partial charge in [-0.1, -0.05) is 20.8 Å². The van der Waals surface area contributed by atoms with E-state index in [0.29, 0.717) is 17.6 Å². The van der Waals surface area contributed by atoms with Gasteiger partial charge in [-0.25, -0.2) is 4.39 Å². The molecule has 0 aliphatic carbocycles. The summed E-state index contributed by atoms with van der Waals surface area (Å²) in [6.07, 6.45) is 0.368. The second-order valence-electron chi connectivity index (χ2n) is 8.61. The fourth-order valence-electron chi connectivity index (χ4n) is 2.49. The molecule has 0 atom stereocenters. The zero-order chi connectivity index (χ0) is 18.3. The third-order valence-electron chi connectivity index (χ3n) is 4.49. The summed E-state index contributed by atoms with van der Waals surface area (Å²) in [4.78, 5) is 12.2. The van der Waals surface area contributed by atoms with Crippen LogP contribution < -0.4 is 10.8 Å². The highest BCUT2D eigenvalue weighted by Gasteiger charge is 2.52. The van der Waals surface area contributed by atoms with Crippen LogP contribution in [0.2, 0.25) is 0 Å². The number of hydrogen-bond donors (Lipinski definition) is 1. The number of halogens is 1. The molecule has 0 unspecified atom stereocenters. The van der Waals surface area contributed by atoms with Crippen molar-refractivity contribution in [1.82, 2.24) is 0 Å². The van der Waals surface area contributed by atoms with Crippen molar-refractivity contribution in [3.05, 3.63) is 24.0 Å². The zero-order valence-corrected chi connectivity index (χ0v) is 15.6. The Kier molecular flexibility index (Phi) is 4.86. The lowest BCUT2D eigenvalue weighted by molar-refractivity contribution is -0.117. The van der Waals surface area contributed by atoms with Gasteiger partial charge in [0.05, 0.1) is 11.2 Å². The number of hydrogen-bond acceptors (Lipinski definition) is 3. The van der Waals surface area contributed by atoms with Gasteiger partial charge in [-0.15, -0.1) is 0 Å². The number of carbonyl (C=O) groups is 1. The molecule has 1 aromatic rings. The maximum absolute atomic E-state index is 13.8. The van der Waals surface area contributed by atoms with Crippen LogP contribution in [0.15, 0.2) is 18.2 Å². The van der Waals surface area contributed by atoms with Gasteiger partial charge in [0.1, 0.15) is 5.82 Å². The van der Waals surface area contributed by atoms with Crippen molar-refractivity contribution in [3.63, 3.8) is 0 Å².